The van der Waals surface area contributed by atoms with Crippen molar-refractivity contribution in [1.82, 2.24) is 35.2 Å². The summed E-state index contributed by atoms with van der Waals surface area (Å²) in [6.45, 7) is 7.53. The number of rotatable bonds is 6. The summed E-state index contributed by atoms with van der Waals surface area (Å²) < 4.78 is 54.9. The Bertz CT molecular complexity index is 2440. The van der Waals surface area contributed by atoms with Crippen molar-refractivity contribution in [3.63, 3.8) is 0 Å². The van der Waals surface area contributed by atoms with Crippen LogP contribution in [0.1, 0.15) is 77.7 Å². The number of ether oxygens (including phenoxy) is 2. The molecular formula is C45H50F3N9O5. The number of carbonyl (C=O) groups excluding carboxylic acids is 3. The molecule has 7 aliphatic rings. The SMILES string of the molecule is C[C@@H]1Cc2c(ccc3[nH]ncc23)[C@H](c2ccc(N3CCC4(CC3)CC(CN3CCN5c6ccc7c(c6OC[C@H]5C3)CN([C@H]3CCC(=O)NC3=O)C7=O)CO4)nc2)N1CC(F)(F)F. The highest BCUT2D eigenvalue weighted by molar-refractivity contribution is 6.06. The normalized spacial score (nSPS) is 27.6. The van der Waals surface area contributed by atoms with Gasteiger partial charge < -0.3 is 24.2 Å². The van der Waals surface area contributed by atoms with E-state index in [1.165, 1.54) is 0 Å². The standard InChI is InChI=1S/C45H50F3N9O5/c1-26-16-32-30(3-5-35-33(32)19-50-52-35)40(57(26)25-45(46,47)48)28-2-8-38(49-18-28)54-12-10-44(11-13-54)17-27(23-62-44)20-53-14-15-55-29(21-53)24-61-41-34-22-56(37-7-9-39(58)51-42(37)59)43(60)31(34)4-6-36(41)55/h2-6,8,18-19,26-27,29,37,40H,7,9-17,20-25H2,1H3,(H,50,52)(H,51,58,59)/t26-,27?,29-,37+,40+/m1/s1. The number of imide groups is 1. The van der Waals surface area contributed by atoms with Crippen molar-refractivity contribution in [1.29, 1.82) is 0 Å². The van der Waals surface area contributed by atoms with E-state index in [1.807, 2.05) is 43.3 Å². The summed E-state index contributed by atoms with van der Waals surface area (Å²) in [4.78, 5) is 52.9. The van der Waals surface area contributed by atoms with Gasteiger partial charge in [0.05, 0.1) is 54.8 Å². The number of pyridine rings is 1. The van der Waals surface area contributed by atoms with Crippen LogP contribution in [0.3, 0.4) is 0 Å². The van der Waals surface area contributed by atoms with Gasteiger partial charge in [0, 0.05) is 74.4 Å². The van der Waals surface area contributed by atoms with Gasteiger partial charge in [-0.2, -0.15) is 18.3 Å². The summed E-state index contributed by atoms with van der Waals surface area (Å²) in [5.74, 6) is 1.05. The predicted octanol–water partition coefficient (Wildman–Crippen LogP) is 4.58. The van der Waals surface area contributed by atoms with Crippen LogP contribution in [-0.4, -0.2) is 137 Å². The van der Waals surface area contributed by atoms with Crippen LogP contribution >= 0.6 is 0 Å². The zero-order valence-corrected chi connectivity index (χ0v) is 34.6. The number of H-pyrrole nitrogens is 1. The molecular weight excluding hydrogens is 804 g/mol. The first-order valence-electron chi connectivity index (χ1n) is 21.9. The van der Waals surface area contributed by atoms with E-state index >= 15 is 0 Å². The van der Waals surface area contributed by atoms with Crippen LogP contribution in [0.2, 0.25) is 0 Å². The maximum atomic E-state index is 13.9. The molecule has 1 unspecified atom stereocenters. The van der Waals surface area contributed by atoms with Crippen molar-refractivity contribution >= 4 is 40.1 Å². The molecule has 0 radical (unpaired) electrons. The zero-order chi connectivity index (χ0) is 42.5. The van der Waals surface area contributed by atoms with Crippen molar-refractivity contribution in [3.8, 4) is 5.75 Å². The van der Waals surface area contributed by atoms with Crippen LogP contribution in [0.5, 0.6) is 5.75 Å². The number of halogens is 3. The van der Waals surface area contributed by atoms with Crippen LogP contribution in [0.15, 0.2) is 48.8 Å². The summed E-state index contributed by atoms with van der Waals surface area (Å²) in [5, 5.41) is 10.5. The third-order valence-corrected chi connectivity index (χ3v) is 14.7. The first-order valence-corrected chi connectivity index (χ1v) is 21.9. The lowest BCUT2D eigenvalue weighted by atomic mass is 9.84. The number of anilines is 2. The van der Waals surface area contributed by atoms with Crippen molar-refractivity contribution in [2.75, 3.05) is 68.8 Å². The third-order valence-electron chi connectivity index (χ3n) is 14.7. The van der Waals surface area contributed by atoms with Gasteiger partial charge in [-0.15, -0.1) is 0 Å². The van der Waals surface area contributed by atoms with Crippen LogP contribution in [-0.2, 0) is 27.3 Å². The molecule has 2 aromatic heterocycles. The van der Waals surface area contributed by atoms with E-state index in [1.54, 1.807) is 22.2 Å². The van der Waals surface area contributed by atoms with E-state index in [-0.39, 0.29) is 42.5 Å². The molecule has 4 saturated heterocycles. The molecule has 1 spiro atoms. The van der Waals surface area contributed by atoms with Gasteiger partial charge in [-0.1, -0.05) is 12.1 Å². The van der Waals surface area contributed by atoms with Crippen LogP contribution in [0.25, 0.3) is 10.9 Å². The fourth-order valence-corrected chi connectivity index (χ4v) is 11.6. The van der Waals surface area contributed by atoms with E-state index in [2.05, 4.69) is 30.2 Å². The topological polar surface area (TPSA) is 139 Å². The minimum atomic E-state index is -4.34. The molecule has 0 aliphatic carbocycles. The molecule has 7 aliphatic heterocycles. The Morgan fingerprint density at radius 2 is 1.81 bits per heavy atom. The smallest absolute Gasteiger partial charge is 0.401 e. The molecule has 62 heavy (non-hydrogen) atoms. The number of aromatic nitrogens is 3. The summed E-state index contributed by atoms with van der Waals surface area (Å²) in [5.41, 5.74) is 5.72. The number of benzene rings is 2. The number of hydrogen-bond donors (Lipinski definition) is 2. The highest BCUT2D eigenvalue weighted by Gasteiger charge is 2.46. The highest BCUT2D eigenvalue weighted by Crippen LogP contribution is 2.46. The van der Waals surface area contributed by atoms with E-state index in [4.69, 9.17) is 14.5 Å². The average Bonchev–Trinajstić information content (AvgIpc) is 3.98. The number of alkyl halides is 3. The fourth-order valence-electron chi connectivity index (χ4n) is 11.6. The molecule has 3 amide bonds. The number of nitrogens with one attached hydrogen (secondary N) is 2. The molecule has 2 aromatic carbocycles. The molecule has 17 heteroatoms. The Balaban J connectivity index is 0.705. The molecule has 0 saturated carbocycles. The molecule has 4 fully saturated rings. The molecule has 0 bridgehead atoms. The van der Waals surface area contributed by atoms with Gasteiger partial charge in [0.1, 0.15) is 24.2 Å². The Labute approximate surface area is 356 Å². The highest BCUT2D eigenvalue weighted by atomic mass is 19.4. The second-order valence-corrected chi connectivity index (χ2v) is 18.5. The lowest BCUT2D eigenvalue weighted by molar-refractivity contribution is -0.155. The van der Waals surface area contributed by atoms with E-state index in [0.29, 0.717) is 30.9 Å². The maximum absolute atomic E-state index is 13.9. The summed E-state index contributed by atoms with van der Waals surface area (Å²) >= 11 is 0. The maximum Gasteiger partial charge on any atom is 0.401 e. The lowest BCUT2D eigenvalue weighted by Gasteiger charge is -2.46. The Kier molecular flexibility index (Phi) is 9.54. The van der Waals surface area contributed by atoms with Gasteiger partial charge in [0.25, 0.3) is 5.91 Å². The average molecular weight is 854 g/mol. The fraction of sp³-hybridized carbons (Fsp3) is 0.533. The largest absolute Gasteiger partial charge is 0.489 e. The van der Waals surface area contributed by atoms with Gasteiger partial charge in [-0.25, -0.2) is 4.98 Å². The van der Waals surface area contributed by atoms with E-state index in [0.717, 1.165) is 116 Å². The Hall–Kier alpha value is -5.26. The van der Waals surface area contributed by atoms with Crippen LogP contribution in [0.4, 0.5) is 24.7 Å². The number of aromatic amines is 1. The van der Waals surface area contributed by atoms with Crippen molar-refractivity contribution in [2.24, 2.45) is 5.92 Å². The van der Waals surface area contributed by atoms with Gasteiger partial charge >= 0.3 is 6.18 Å². The molecule has 326 valence electrons. The molecule has 9 heterocycles. The number of nitrogens with zero attached hydrogens (tertiary/aromatic N) is 7. The van der Waals surface area contributed by atoms with Gasteiger partial charge in [-0.05, 0) is 85.9 Å². The molecule has 2 N–H and O–H groups in total. The zero-order valence-electron chi connectivity index (χ0n) is 34.6. The summed E-state index contributed by atoms with van der Waals surface area (Å²) in [7, 11) is 0. The summed E-state index contributed by atoms with van der Waals surface area (Å²) in [6, 6.07) is 10.2. The van der Waals surface area contributed by atoms with Crippen LogP contribution < -0.4 is 19.9 Å². The minimum absolute atomic E-state index is 0.173. The van der Waals surface area contributed by atoms with Gasteiger partial charge in [0.2, 0.25) is 11.8 Å². The number of hydrogen-bond acceptors (Lipinski definition) is 11. The molecule has 11 rings (SSSR count). The second-order valence-electron chi connectivity index (χ2n) is 18.5. The Morgan fingerprint density at radius 3 is 2.60 bits per heavy atom. The number of piperazine rings is 1. The van der Waals surface area contributed by atoms with E-state index < -0.39 is 30.7 Å². The second kappa shape index (κ2) is 14.9. The number of fused-ring (bicyclic) bond motifs is 8. The monoisotopic (exact) mass is 853 g/mol. The van der Waals surface area contributed by atoms with Gasteiger partial charge in [-0.3, -0.25) is 34.6 Å². The number of amides is 3. The van der Waals surface area contributed by atoms with Crippen molar-refractivity contribution in [3.05, 3.63) is 76.6 Å². The molecule has 5 atom stereocenters. The first kappa shape index (κ1) is 39.6. The van der Waals surface area contributed by atoms with Crippen molar-refractivity contribution < 1.29 is 37.0 Å². The quantitative estimate of drug-likeness (QED) is 0.264. The van der Waals surface area contributed by atoms with E-state index in [9.17, 15) is 27.6 Å². The number of carbonyl (C=O) groups is 3. The van der Waals surface area contributed by atoms with Gasteiger partial charge in [0.15, 0.2) is 0 Å². The minimum Gasteiger partial charge on any atom is -0.489 e. The van der Waals surface area contributed by atoms with Crippen molar-refractivity contribution in [2.45, 2.75) is 87.9 Å². The third kappa shape index (κ3) is 6.87. The molecule has 14 nitrogen and oxygen atoms in total. The first-order chi connectivity index (χ1) is 29.9. The predicted molar refractivity (Wildman–Crippen MR) is 222 cm³/mol. The molecule has 4 aromatic rings. The lowest BCUT2D eigenvalue weighted by Crippen LogP contribution is -2.58. The number of piperidine rings is 2. The van der Waals surface area contributed by atoms with Crippen LogP contribution in [0, 0.1) is 5.92 Å². The summed E-state index contributed by atoms with van der Waals surface area (Å²) in [6.07, 6.45) is 3.00. The Morgan fingerprint density at radius 1 is 0.952 bits per heavy atom.